The van der Waals surface area contributed by atoms with E-state index < -0.39 is 0 Å². The molecule has 2 atom stereocenters. The molecule has 1 aliphatic carbocycles. The second-order valence-electron chi connectivity index (χ2n) is 6.12. The molecule has 112 valence electrons. The summed E-state index contributed by atoms with van der Waals surface area (Å²) >= 11 is 0. The molecule has 1 aromatic rings. The van der Waals surface area contributed by atoms with Gasteiger partial charge in [0, 0.05) is 31.5 Å². The summed E-state index contributed by atoms with van der Waals surface area (Å²) in [4.78, 5) is 6.57. The summed E-state index contributed by atoms with van der Waals surface area (Å²) in [5, 5.41) is 3.73. The minimum atomic E-state index is 0.748. The summed E-state index contributed by atoms with van der Waals surface area (Å²) in [5.74, 6) is 0.837. The van der Waals surface area contributed by atoms with Gasteiger partial charge in [-0.05, 0) is 62.9 Å². The van der Waals surface area contributed by atoms with E-state index in [-0.39, 0.29) is 0 Å². The number of aromatic nitrogens is 1. The predicted octanol–water partition coefficient (Wildman–Crippen LogP) is 2.72. The first-order valence-electron chi connectivity index (χ1n) is 8.10. The maximum atomic E-state index is 4.07. The molecule has 0 amide bonds. The van der Waals surface area contributed by atoms with Crippen molar-refractivity contribution in [3.05, 3.63) is 30.1 Å². The fourth-order valence-corrected chi connectivity index (χ4v) is 3.21. The first-order chi connectivity index (χ1) is 9.79. The lowest BCUT2D eigenvalue weighted by atomic mass is 10.0. The molecule has 1 fully saturated rings. The molecule has 0 aromatic carbocycles. The lowest BCUT2D eigenvalue weighted by molar-refractivity contribution is 0.253. The molecule has 3 heteroatoms. The van der Waals surface area contributed by atoms with Gasteiger partial charge < -0.3 is 10.2 Å². The van der Waals surface area contributed by atoms with Gasteiger partial charge in [0.1, 0.15) is 0 Å². The van der Waals surface area contributed by atoms with Crippen LogP contribution in [0.3, 0.4) is 0 Å². The Balaban J connectivity index is 1.72. The molecule has 2 rings (SSSR count). The van der Waals surface area contributed by atoms with Crippen LogP contribution in [0.4, 0.5) is 0 Å². The highest BCUT2D eigenvalue weighted by molar-refractivity contribution is 5.09. The molecule has 0 bridgehead atoms. The normalized spacial score (nSPS) is 22.6. The Kier molecular flexibility index (Phi) is 6.48. The van der Waals surface area contributed by atoms with Crippen molar-refractivity contribution in [1.82, 2.24) is 15.2 Å². The van der Waals surface area contributed by atoms with Crippen LogP contribution in [0.5, 0.6) is 0 Å². The highest BCUT2D eigenvalue weighted by atomic mass is 15.1. The molecule has 3 nitrogen and oxygen atoms in total. The largest absolute Gasteiger partial charge is 0.314 e. The van der Waals surface area contributed by atoms with Crippen LogP contribution in [0.1, 0.15) is 38.2 Å². The zero-order chi connectivity index (χ0) is 14.2. The summed E-state index contributed by atoms with van der Waals surface area (Å²) < 4.78 is 0. The second-order valence-corrected chi connectivity index (χ2v) is 6.12. The van der Waals surface area contributed by atoms with Crippen molar-refractivity contribution in [2.75, 3.05) is 26.7 Å². The van der Waals surface area contributed by atoms with Crippen LogP contribution in [0, 0.1) is 5.92 Å². The molecular formula is C17H29N3. The standard InChI is InChI=1S/C17H29N3/c1-3-10-19-17-6-4-5-16(17)14-20(2)13-9-15-7-11-18-12-8-15/h7-8,11-12,16-17,19H,3-6,9-10,13-14H2,1-2H3. The Morgan fingerprint density at radius 1 is 1.30 bits per heavy atom. The van der Waals surface area contributed by atoms with Crippen molar-refractivity contribution >= 4 is 0 Å². The molecule has 0 aliphatic heterocycles. The van der Waals surface area contributed by atoms with Gasteiger partial charge in [-0.15, -0.1) is 0 Å². The van der Waals surface area contributed by atoms with E-state index >= 15 is 0 Å². The molecule has 1 heterocycles. The zero-order valence-electron chi connectivity index (χ0n) is 13.0. The SMILES string of the molecule is CCCNC1CCCC1CN(C)CCc1ccncc1. The Bertz CT molecular complexity index is 366. The Hall–Kier alpha value is -0.930. The Labute approximate surface area is 123 Å². The fraction of sp³-hybridized carbons (Fsp3) is 0.706. The maximum absolute atomic E-state index is 4.07. The van der Waals surface area contributed by atoms with Crippen molar-refractivity contribution in [2.45, 2.75) is 45.1 Å². The minimum absolute atomic E-state index is 0.748. The van der Waals surface area contributed by atoms with Crippen LogP contribution in [-0.4, -0.2) is 42.6 Å². The quantitative estimate of drug-likeness (QED) is 0.790. The van der Waals surface area contributed by atoms with Crippen LogP contribution >= 0.6 is 0 Å². The highest BCUT2D eigenvalue weighted by Crippen LogP contribution is 2.26. The summed E-state index contributed by atoms with van der Waals surface area (Å²) in [5.41, 5.74) is 1.39. The van der Waals surface area contributed by atoms with E-state index in [1.165, 1.54) is 44.3 Å². The fourth-order valence-electron chi connectivity index (χ4n) is 3.21. The lowest BCUT2D eigenvalue weighted by Gasteiger charge is -2.26. The van der Waals surface area contributed by atoms with Crippen LogP contribution in [0.15, 0.2) is 24.5 Å². The smallest absolute Gasteiger partial charge is 0.0270 e. The average molecular weight is 275 g/mol. The molecule has 20 heavy (non-hydrogen) atoms. The Morgan fingerprint density at radius 2 is 2.10 bits per heavy atom. The summed E-state index contributed by atoms with van der Waals surface area (Å²) in [6.45, 7) is 5.78. The van der Waals surface area contributed by atoms with Crippen LogP contribution < -0.4 is 5.32 Å². The minimum Gasteiger partial charge on any atom is -0.314 e. The number of pyridine rings is 1. The van der Waals surface area contributed by atoms with Crippen LogP contribution in [0.25, 0.3) is 0 Å². The summed E-state index contributed by atoms with van der Waals surface area (Å²) in [7, 11) is 2.26. The first kappa shape index (κ1) is 15.5. The van der Waals surface area contributed by atoms with Gasteiger partial charge in [-0.25, -0.2) is 0 Å². The number of hydrogen-bond acceptors (Lipinski definition) is 3. The van der Waals surface area contributed by atoms with E-state index in [2.05, 4.69) is 41.3 Å². The van der Waals surface area contributed by atoms with Gasteiger partial charge in [0.05, 0.1) is 0 Å². The second kappa shape index (κ2) is 8.38. The van der Waals surface area contributed by atoms with E-state index in [0.717, 1.165) is 24.9 Å². The molecule has 1 aromatic heterocycles. The van der Waals surface area contributed by atoms with Gasteiger partial charge in [0.25, 0.3) is 0 Å². The third-order valence-corrected chi connectivity index (χ3v) is 4.39. The van der Waals surface area contributed by atoms with E-state index in [0.29, 0.717) is 0 Å². The number of nitrogens with one attached hydrogen (secondary N) is 1. The molecule has 1 saturated carbocycles. The van der Waals surface area contributed by atoms with E-state index in [4.69, 9.17) is 0 Å². The van der Waals surface area contributed by atoms with Crippen molar-refractivity contribution in [3.8, 4) is 0 Å². The van der Waals surface area contributed by atoms with Gasteiger partial charge >= 0.3 is 0 Å². The van der Waals surface area contributed by atoms with E-state index in [9.17, 15) is 0 Å². The monoisotopic (exact) mass is 275 g/mol. The van der Waals surface area contributed by atoms with Gasteiger partial charge in [-0.1, -0.05) is 13.3 Å². The van der Waals surface area contributed by atoms with Crippen molar-refractivity contribution in [3.63, 3.8) is 0 Å². The first-order valence-corrected chi connectivity index (χ1v) is 8.10. The van der Waals surface area contributed by atoms with E-state index in [1.54, 1.807) is 0 Å². The summed E-state index contributed by atoms with van der Waals surface area (Å²) in [6, 6.07) is 4.99. The third-order valence-electron chi connectivity index (χ3n) is 4.39. The zero-order valence-corrected chi connectivity index (χ0v) is 13.0. The number of rotatable bonds is 8. The molecular weight excluding hydrogens is 246 g/mol. The summed E-state index contributed by atoms with van der Waals surface area (Å²) in [6.07, 6.45) is 10.3. The predicted molar refractivity (Wildman–Crippen MR) is 84.9 cm³/mol. The van der Waals surface area contributed by atoms with Crippen LogP contribution in [0.2, 0.25) is 0 Å². The lowest BCUT2D eigenvalue weighted by Crippen LogP contribution is -2.39. The van der Waals surface area contributed by atoms with Crippen molar-refractivity contribution in [2.24, 2.45) is 5.92 Å². The molecule has 1 aliphatic rings. The Morgan fingerprint density at radius 3 is 2.85 bits per heavy atom. The molecule has 0 saturated heterocycles. The van der Waals surface area contributed by atoms with Gasteiger partial charge in [0.15, 0.2) is 0 Å². The van der Waals surface area contributed by atoms with Gasteiger partial charge in [-0.3, -0.25) is 4.98 Å². The van der Waals surface area contributed by atoms with Crippen molar-refractivity contribution in [1.29, 1.82) is 0 Å². The number of likely N-dealkylation sites (N-methyl/N-ethyl adjacent to an activating group) is 1. The van der Waals surface area contributed by atoms with Crippen LogP contribution in [-0.2, 0) is 6.42 Å². The third kappa shape index (κ3) is 4.88. The van der Waals surface area contributed by atoms with Gasteiger partial charge in [-0.2, -0.15) is 0 Å². The van der Waals surface area contributed by atoms with Gasteiger partial charge in [0.2, 0.25) is 0 Å². The number of hydrogen-bond donors (Lipinski definition) is 1. The highest BCUT2D eigenvalue weighted by Gasteiger charge is 2.27. The number of nitrogens with zero attached hydrogens (tertiary/aromatic N) is 2. The van der Waals surface area contributed by atoms with E-state index in [1.807, 2.05) is 12.4 Å². The maximum Gasteiger partial charge on any atom is 0.0270 e. The molecule has 0 radical (unpaired) electrons. The van der Waals surface area contributed by atoms with Crippen molar-refractivity contribution < 1.29 is 0 Å². The molecule has 0 spiro atoms. The molecule has 1 N–H and O–H groups in total. The molecule has 2 unspecified atom stereocenters. The topological polar surface area (TPSA) is 28.2 Å². The average Bonchev–Trinajstić information content (AvgIpc) is 2.91.